The maximum Gasteiger partial charge on any atom is 0.232 e. The molecule has 29 heavy (non-hydrogen) atoms. The van der Waals surface area contributed by atoms with Crippen LogP contribution in [0.25, 0.3) is 10.4 Å². The van der Waals surface area contributed by atoms with Crippen molar-refractivity contribution >= 4 is 17.2 Å². The molecule has 2 aromatic carbocycles. The monoisotopic (exact) mass is 398 g/mol. The van der Waals surface area contributed by atoms with Crippen LogP contribution in [0.4, 0.5) is 0 Å². The van der Waals surface area contributed by atoms with Gasteiger partial charge in [0.25, 0.3) is 0 Å². The van der Waals surface area contributed by atoms with Crippen LogP contribution in [0.15, 0.2) is 84.5 Å². The van der Waals surface area contributed by atoms with E-state index in [2.05, 4.69) is 22.4 Å². The largest absolute Gasteiger partial charge is 0.457 e. The number of aromatic nitrogens is 1. The molecule has 0 fully saturated rings. The van der Waals surface area contributed by atoms with Gasteiger partial charge in [-0.15, -0.1) is 11.3 Å². The van der Waals surface area contributed by atoms with Crippen LogP contribution in [0.1, 0.15) is 22.6 Å². The lowest BCUT2D eigenvalue weighted by atomic mass is 9.87. The third-order valence-corrected chi connectivity index (χ3v) is 5.93. The lowest BCUT2D eigenvalue weighted by molar-refractivity contribution is -0.122. The van der Waals surface area contributed by atoms with Gasteiger partial charge in [0.15, 0.2) is 0 Å². The Balaban J connectivity index is 1.40. The van der Waals surface area contributed by atoms with Gasteiger partial charge in [0.05, 0.1) is 5.92 Å². The summed E-state index contributed by atoms with van der Waals surface area (Å²) in [5.74, 6) is 1.01. The molecular weight excluding hydrogens is 380 g/mol. The molecule has 1 amide bonds. The highest BCUT2D eigenvalue weighted by atomic mass is 32.1. The predicted octanol–water partition coefficient (Wildman–Crippen LogP) is 5.36. The van der Waals surface area contributed by atoms with E-state index in [9.17, 15) is 4.79 Å². The zero-order chi connectivity index (χ0) is 19.6. The second-order valence-corrected chi connectivity index (χ2v) is 7.84. The van der Waals surface area contributed by atoms with Crippen LogP contribution in [-0.4, -0.2) is 10.9 Å². The zero-order valence-corrected chi connectivity index (χ0v) is 16.4. The van der Waals surface area contributed by atoms with Gasteiger partial charge >= 0.3 is 0 Å². The van der Waals surface area contributed by atoms with Crippen molar-refractivity contribution in [2.45, 2.75) is 12.5 Å². The summed E-state index contributed by atoms with van der Waals surface area (Å²) >= 11 is 1.68. The molecule has 0 radical (unpaired) electrons. The number of rotatable bonds is 4. The molecule has 1 aliphatic rings. The molecule has 0 saturated carbocycles. The van der Waals surface area contributed by atoms with Gasteiger partial charge in [-0.25, -0.2) is 0 Å². The number of benzene rings is 2. The van der Waals surface area contributed by atoms with E-state index in [-0.39, 0.29) is 5.91 Å². The van der Waals surface area contributed by atoms with Crippen molar-refractivity contribution in [1.29, 1.82) is 0 Å². The molecule has 142 valence electrons. The molecule has 4 aromatic rings. The third-order valence-electron chi connectivity index (χ3n) is 5.01. The Morgan fingerprint density at radius 1 is 0.966 bits per heavy atom. The highest BCUT2D eigenvalue weighted by Crippen LogP contribution is 2.43. The van der Waals surface area contributed by atoms with E-state index in [1.165, 1.54) is 0 Å². The van der Waals surface area contributed by atoms with Crippen LogP contribution in [0, 0.1) is 0 Å². The number of nitrogens with zero attached hydrogens (tertiary/aromatic N) is 1. The summed E-state index contributed by atoms with van der Waals surface area (Å²) in [6.45, 7) is 0.423. The summed E-state index contributed by atoms with van der Waals surface area (Å²) in [6, 6.07) is 21.6. The van der Waals surface area contributed by atoms with Crippen LogP contribution in [-0.2, 0) is 11.3 Å². The number of nitrogens with one attached hydrogen (secondary N) is 1. The Bertz CT molecular complexity index is 1130. The fourth-order valence-electron chi connectivity index (χ4n) is 3.65. The Kier molecular flexibility index (Phi) is 4.58. The molecular formula is C24H18N2O2S. The Hall–Kier alpha value is -3.44. The molecule has 0 saturated heterocycles. The molecule has 4 nitrogen and oxygen atoms in total. The van der Waals surface area contributed by atoms with Crippen molar-refractivity contribution in [2.75, 3.05) is 0 Å². The quantitative estimate of drug-likeness (QED) is 0.503. The first-order chi connectivity index (χ1) is 14.3. The van der Waals surface area contributed by atoms with Crippen molar-refractivity contribution in [3.05, 3.63) is 101 Å². The fourth-order valence-corrected chi connectivity index (χ4v) is 4.35. The number of fused-ring (bicyclic) bond motifs is 2. The maximum absolute atomic E-state index is 13.2. The number of carbonyl (C=O) groups excluding carboxylic acids is 1. The SMILES string of the molecule is O=C(NCc1cncc(-c2cccs2)c1)C1c2ccccc2Oc2ccccc21. The van der Waals surface area contributed by atoms with Crippen LogP contribution >= 0.6 is 11.3 Å². The maximum atomic E-state index is 13.2. The minimum Gasteiger partial charge on any atom is -0.457 e. The van der Waals surface area contributed by atoms with Crippen LogP contribution < -0.4 is 10.1 Å². The normalized spacial score (nSPS) is 12.6. The van der Waals surface area contributed by atoms with E-state index >= 15 is 0 Å². The van der Waals surface area contributed by atoms with E-state index < -0.39 is 5.92 Å². The average Bonchev–Trinajstić information content (AvgIpc) is 3.31. The molecule has 0 aliphatic carbocycles. The number of thiophene rings is 1. The first-order valence-corrected chi connectivity index (χ1v) is 10.3. The minimum absolute atomic E-state index is 0.0465. The van der Waals surface area contributed by atoms with Gasteiger partial charge in [-0.05, 0) is 35.2 Å². The zero-order valence-electron chi connectivity index (χ0n) is 15.5. The van der Waals surface area contributed by atoms with Gasteiger partial charge in [-0.3, -0.25) is 9.78 Å². The standard InChI is InChI=1S/C24H18N2O2S/c27-24(26-14-16-12-17(15-25-13-16)22-10-5-11-29-22)23-18-6-1-3-8-20(18)28-21-9-4-2-7-19(21)23/h1-13,15,23H,14H2,(H,26,27). The molecule has 0 atom stereocenters. The molecule has 0 bridgehead atoms. The van der Waals surface area contributed by atoms with Crippen molar-refractivity contribution in [1.82, 2.24) is 10.3 Å². The van der Waals surface area contributed by atoms with Crippen molar-refractivity contribution in [3.8, 4) is 21.9 Å². The summed E-state index contributed by atoms with van der Waals surface area (Å²) in [5.41, 5.74) is 3.80. The minimum atomic E-state index is -0.399. The third kappa shape index (κ3) is 3.41. The van der Waals surface area contributed by atoms with E-state index in [1.54, 1.807) is 17.5 Å². The number of para-hydroxylation sites is 2. The summed E-state index contributed by atoms with van der Waals surface area (Å²) in [5, 5.41) is 5.14. The predicted molar refractivity (Wildman–Crippen MR) is 114 cm³/mol. The molecule has 2 aromatic heterocycles. The first-order valence-electron chi connectivity index (χ1n) is 9.41. The van der Waals surface area contributed by atoms with Crippen LogP contribution in [0.2, 0.25) is 0 Å². The molecule has 1 N–H and O–H groups in total. The first kappa shape index (κ1) is 17.6. The van der Waals surface area contributed by atoms with Gasteiger partial charge in [0.1, 0.15) is 11.5 Å². The molecule has 0 unspecified atom stereocenters. The summed E-state index contributed by atoms with van der Waals surface area (Å²) < 4.78 is 5.99. The summed E-state index contributed by atoms with van der Waals surface area (Å²) in [4.78, 5) is 18.7. The van der Waals surface area contributed by atoms with Gasteiger partial charge in [-0.1, -0.05) is 42.5 Å². The lowest BCUT2D eigenvalue weighted by Gasteiger charge is -2.27. The van der Waals surface area contributed by atoms with Crippen molar-refractivity contribution in [3.63, 3.8) is 0 Å². The number of hydrogen-bond acceptors (Lipinski definition) is 4. The van der Waals surface area contributed by atoms with E-state index in [0.29, 0.717) is 6.54 Å². The Labute approximate surface area is 172 Å². The highest BCUT2D eigenvalue weighted by molar-refractivity contribution is 7.13. The molecule has 0 spiro atoms. The topological polar surface area (TPSA) is 51.2 Å². The van der Waals surface area contributed by atoms with E-state index in [0.717, 1.165) is 38.6 Å². The smallest absolute Gasteiger partial charge is 0.232 e. The second-order valence-electron chi connectivity index (χ2n) is 6.89. The fraction of sp³-hybridized carbons (Fsp3) is 0.0833. The summed E-state index contributed by atoms with van der Waals surface area (Å²) in [7, 11) is 0. The number of pyridine rings is 1. The average molecular weight is 398 g/mol. The highest BCUT2D eigenvalue weighted by Gasteiger charge is 2.32. The van der Waals surface area contributed by atoms with E-state index in [1.807, 2.05) is 66.2 Å². The van der Waals surface area contributed by atoms with Gasteiger partial charge in [-0.2, -0.15) is 0 Å². The number of ether oxygens (including phenoxy) is 1. The molecule has 5 heteroatoms. The van der Waals surface area contributed by atoms with E-state index in [4.69, 9.17) is 4.74 Å². The van der Waals surface area contributed by atoms with Crippen molar-refractivity contribution in [2.24, 2.45) is 0 Å². The molecule has 5 rings (SSSR count). The number of amides is 1. The van der Waals surface area contributed by atoms with Crippen LogP contribution in [0.5, 0.6) is 11.5 Å². The van der Waals surface area contributed by atoms with Gasteiger partial charge in [0, 0.05) is 40.5 Å². The van der Waals surface area contributed by atoms with Gasteiger partial charge < -0.3 is 10.1 Å². The Morgan fingerprint density at radius 3 is 2.38 bits per heavy atom. The lowest BCUT2D eigenvalue weighted by Crippen LogP contribution is -2.31. The van der Waals surface area contributed by atoms with Gasteiger partial charge in [0.2, 0.25) is 5.91 Å². The second kappa shape index (κ2) is 7.53. The number of carbonyl (C=O) groups is 1. The molecule has 3 heterocycles. The van der Waals surface area contributed by atoms with Crippen LogP contribution in [0.3, 0.4) is 0 Å². The number of hydrogen-bond donors (Lipinski definition) is 1. The summed E-state index contributed by atoms with van der Waals surface area (Å²) in [6.07, 6.45) is 3.64. The Morgan fingerprint density at radius 2 is 1.69 bits per heavy atom. The van der Waals surface area contributed by atoms with Crippen molar-refractivity contribution < 1.29 is 9.53 Å². The molecule has 1 aliphatic heterocycles.